The van der Waals surface area contributed by atoms with Crippen LogP contribution in [0.5, 0.6) is 17.2 Å². The number of benzene rings is 4. The summed E-state index contributed by atoms with van der Waals surface area (Å²) in [6, 6.07) is 25.4. The number of hydrogen-bond donors (Lipinski definition) is 0. The first-order valence-electron chi connectivity index (χ1n) is 14.8. The van der Waals surface area contributed by atoms with Gasteiger partial charge in [0, 0.05) is 11.6 Å². The maximum atomic E-state index is 14.1. The number of nitrogens with zero attached hydrogens (tertiary/aromatic N) is 4. The molecule has 0 spiro atoms. The van der Waals surface area contributed by atoms with Crippen molar-refractivity contribution in [3.05, 3.63) is 159 Å². The van der Waals surface area contributed by atoms with E-state index in [4.69, 9.17) is 19.2 Å². The van der Waals surface area contributed by atoms with Gasteiger partial charge in [0.15, 0.2) is 16.3 Å². The number of ether oxygens (including phenoxy) is 3. The summed E-state index contributed by atoms with van der Waals surface area (Å²) in [5.41, 5.74) is 1.15. The minimum atomic E-state index is -0.823. The van der Waals surface area contributed by atoms with Crippen LogP contribution in [0.1, 0.15) is 29.7 Å². The second-order valence-electron chi connectivity index (χ2n) is 10.5. The monoisotopic (exact) mass is 678 g/mol. The number of fused-ring (bicyclic) bond motifs is 1. The molecule has 246 valence electrons. The third-order valence-corrected chi connectivity index (χ3v) is 8.53. The summed E-state index contributed by atoms with van der Waals surface area (Å²) in [6.07, 6.45) is 1.64. The molecule has 6 rings (SSSR count). The number of hydrogen-bond acceptors (Lipinski definition) is 11. The van der Waals surface area contributed by atoms with E-state index in [1.54, 1.807) is 25.1 Å². The van der Waals surface area contributed by atoms with Crippen LogP contribution in [0.3, 0.4) is 0 Å². The van der Waals surface area contributed by atoms with Crippen molar-refractivity contribution in [3.8, 4) is 17.2 Å². The van der Waals surface area contributed by atoms with Crippen molar-refractivity contribution in [1.82, 2.24) is 4.57 Å². The number of nitro benzene ring substituents is 2. The molecule has 0 saturated heterocycles. The first-order chi connectivity index (χ1) is 23.7. The molecule has 0 saturated carbocycles. The van der Waals surface area contributed by atoms with Crippen LogP contribution in [-0.4, -0.2) is 34.1 Å². The molecule has 1 atom stereocenters. The maximum absolute atomic E-state index is 14.1. The van der Waals surface area contributed by atoms with E-state index in [2.05, 4.69) is 0 Å². The third kappa shape index (κ3) is 6.44. The predicted molar refractivity (Wildman–Crippen MR) is 180 cm³/mol. The van der Waals surface area contributed by atoms with E-state index >= 15 is 0 Å². The van der Waals surface area contributed by atoms with Crippen molar-refractivity contribution >= 4 is 40.5 Å². The van der Waals surface area contributed by atoms with Gasteiger partial charge in [0.2, 0.25) is 5.75 Å². The number of rotatable bonds is 10. The van der Waals surface area contributed by atoms with Crippen LogP contribution >= 0.6 is 11.3 Å². The molecule has 0 amide bonds. The van der Waals surface area contributed by atoms with Gasteiger partial charge in [-0.1, -0.05) is 78.1 Å². The van der Waals surface area contributed by atoms with E-state index in [0.717, 1.165) is 29.5 Å². The van der Waals surface area contributed by atoms with E-state index in [1.807, 2.05) is 60.7 Å². The van der Waals surface area contributed by atoms with Gasteiger partial charge in [-0.05, 0) is 42.3 Å². The van der Waals surface area contributed by atoms with E-state index < -0.39 is 33.2 Å². The normalized spacial score (nSPS) is 14.1. The fourth-order valence-corrected chi connectivity index (χ4v) is 6.37. The van der Waals surface area contributed by atoms with E-state index in [9.17, 15) is 29.8 Å². The maximum Gasteiger partial charge on any atom is 0.338 e. The van der Waals surface area contributed by atoms with Crippen LogP contribution in [0.4, 0.5) is 11.4 Å². The topological polar surface area (TPSA) is 165 Å². The van der Waals surface area contributed by atoms with E-state index in [-0.39, 0.29) is 35.0 Å². The lowest BCUT2D eigenvalue weighted by Crippen LogP contribution is -2.39. The lowest BCUT2D eigenvalue weighted by molar-refractivity contribution is -0.394. The number of aromatic nitrogens is 1. The van der Waals surface area contributed by atoms with Crippen LogP contribution in [0, 0.1) is 20.2 Å². The van der Waals surface area contributed by atoms with E-state index in [1.165, 1.54) is 17.7 Å². The summed E-state index contributed by atoms with van der Waals surface area (Å²) >= 11 is 1.15. The van der Waals surface area contributed by atoms with Gasteiger partial charge in [-0.2, -0.15) is 0 Å². The minimum Gasteiger partial charge on any atom is -0.493 e. The van der Waals surface area contributed by atoms with Gasteiger partial charge in [-0.25, -0.2) is 9.79 Å². The largest absolute Gasteiger partial charge is 0.493 e. The Morgan fingerprint density at radius 3 is 2.27 bits per heavy atom. The van der Waals surface area contributed by atoms with Gasteiger partial charge in [0.25, 0.3) is 11.2 Å². The molecule has 0 aliphatic carbocycles. The van der Waals surface area contributed by atoms with Gasteiger partial charge < -0.3 is 14.2 Å². The Bertz CT molecular complexity index is 2320. The molecular weight excluding hydrogens is 652 g/mol. The molecule has 0 unspecified atom stereocenters. The number of esters is 1. The average molecular weight is 679 g/mol. The zero-order valence-corrected chi connectivity index (χ0v) is 26.8. The van der Waals surface area contributed by atoms with Crippen molar-refractivity contribution < 1.29 is 28.9 Å². The van der Waals surface area contributed by atoms with Gasteiger partial charge in [-0.15, -0.1) is 0 Å². The molecule has 49 heavy (non-hydrogen) atoms. The first-order valence-corrected chi connectivity index (χ1v) is 15.6. The van der Waals surface area contributed by atoms with Gasteiger partial charge in [0.1, 0.15) is 0 Å². The molecule has 1 aromatic heterocycles. The molecular formula is C35H26N4O9S. The van der Waals surface area contributed by atoms with Gasteiger partial charge in [-0.3, -0.25) is 29.6 Å². The van der Waals surface area contributed by atoms with Crippen LogP contribution in [0.15, 0.2) is 112 Å². The Morgan fingerprint density at radius 1 is 0.918 bits per heavy atom. The molecule has 0 N–H and O–H groups in total. The molecule has 1 aliphatic heterocycles. The fourth-order valence-electron chi connectivity index (χ4n) is 5.37. The van der Waals surface area contributed by atoms with Crippen LogP contribution < -0.4 is 24.4 Å². The molecule has 14 heteroatoms. The number of thiazole rings is 1. The minimum absolute atomic E-state index is 0.105. The second kappa shape index (κ2) is 13.8. The molecule has 0 radical (unpaired) electrons. The molecule has 5 aromatic rings. The van der Waals surface area contributed by atoms with E-state index in [0.29, 0.717) is 31.7 Å². The van der Waals surface area contributed by atoms with Crippen LogP contribution in [0.25, 0.3) is 11.8 Å². The Labute approximate surface area is 281 Å². The van der Waals surface area contributed by atoms with Gasteiger partial charge in [0.05, 0.1) is 51.5 Å². The number of nitro groups is 2. The number of non-ortho nitro benzene ring substituents is 1. The summed E-state index contributed by atoms with van der Waals surface area (Å²) in [4.78, 5) is 54.2. The van der Waals surface area contributed by atoms with Crippen molar-refractivity contribution in [2.75, 3.05) is 13.7 Å². The third-order valence-electron chi connectivity index (χ3n) is 7.54. The molecule has 2 heterocycles. The van der Waals surface area contributed by atoms with Crippen molar-refractivity contribution in [3.63, 3.8) is 0 Å². The molecule has 4 aromatic carbocycles. The Morgan fingerprint density at radius 2 is 1.61 bits per heavy atom. The highest BCUT2D eigenvalue weighted by Gasteiger charge is 2.35. The quantitative estimate of drug-likeness (QED) is 0.105. The summed E-state index contributed by atoms with van der Waals surface area (Å²) in [5.74, 6) is -0.509. The van der Waals surface area contributed by atoms with Crippen molar-refractivity contribution in [2.45, 2.75) is 13.0 Å². The summed E-state index contributed by atoms with van der Waals surface area (Å²) < 4.78 is 18.6. The van der Waals surface area contributed by atoms with Crippen LogP contribution in [-0.2, 0) is 9.53 Å². The number of methoxy groups -OCH3 is 1. The summed E-state index contributed by atoms with van der Waals surface area (Å²) in [5, 5.41) is 22.8. The van der Waals surface area contributed by atoms with Gasteiger partial charge >= 0.3 is 11.7 Å². The highest BCUT2D eigenvalue weighted by molar-refractivity contribution is 7.07. The smallest absolute Gasteiger partial charge is 0.338 e. The fraction of sp³-hybridized carbons (Fsp3) is 0.114. The van der Waals surface area contributed by atoms with Crippen molar-refractivity contribution in [1.29, 1.82) is 0 Å². The summed E-state index contributed by atoms with van der Waals surface area (Å²) in [6.45, 7) is 1.85. The number of carbonyl (C=O) groups excluding carboxylic acids is 1. The Balaban J connectivity index is 1.47. The lowest BCUT2D eigenvalue weighted by Gasteiger charge is -2.25. The van der Waals surface area contributed by atoms with Crippen LogP contribution in [0.2, 0.25) is 0 Å². The standard InChI is InChI=1S/C35H26N4O9S/c1-3-47-34(41)30-31(22-10-6-4-7-11-22)36-35-37(32(30)23-12-8-5-9-13-23)33(40)29(49-35)19-21-14-16-27(28(18-21)46-2)48-26-17-15-24(38(42)43)20-25(26)39(44)45/h4-20,32H,3H2,1-2H3/b29-19-/t32-/m1/s1. The highest BCUT2D eigenvalue weighted by Crippen LogP contribution is 2.39. The zero-order valence-electron chi connectivity index (χ0n) is 26.0. The molecule has 1 aliphatic rings. The highest BCUT2D eigenvalue weighted by atomic mass is 32.1. The van der Waals surface area contributed by atoms with Crippen molar-refractivity contribution in [2.24, 2.45) is 4.99 Å². The Kier molecular flexibility index (Phi) is 9.13. The average Bonchev–Trinajstić information content (AvgIpc) is 3.42. The molecule has 13 nitrogen and oxygen atoms in total. The molecule has 0 fully saturated rings. The second-order valence-corrected chi connectivity index (χ2v) is 11.5. The number of carbonyl (C=O) groups is 1. The first kappa shape index (κ1) is 32.5. The lowest BCUT2D eigenvalue weighted by atomic mass is 9.93. The SMILES string of the molecule is CCOC(=O)C1=C(c2ccccc2)N=c2s/c(=C\c3ccc(Oc4ccc([N+](=O)[O-])cc4[N+](=O)[O-])c(OC)c3)c(=O)n2[C@@H]1c1ccccc1. The summed E-state index contributed by atoms with van der Waals surface area (Å²) in [7, 11) is 1.38. The predicted octanol–water partition coefficient (Wildman–Crippen LogP) is 5.55. The Hall–Kier alpha value is -6.41. The molecule has 0 bridgehead atoms. The zero-order chi connectivity index (χ0) is 34.7.